The van der Waals surface area contributed by atoms with E-state index in [4.69, 9.17) is 12.2 Å². The first kappa shape index (κ1) is 15.9. The van der Waals surface area contributed by atoms with Gasteiger partial charge in [-0.25, -0.2) is 0 Å². The molecule has 3 nitrogen and oxygen atoms in total. The van der Waals surface area contributed by atoms with Crippen molar-refractivity contribution < 1.29 is 0 Å². The Kier molecular flexibility index (Phi) is 6.81. The monoisotopic (exact) mass is 279 g/mol. The Bertz CT molecular complexity index is 402. The second-order valence-electron chi connectivity index (χ2n) is 5.32. The maximum Gasteiger partial charge on any atom is 0.170 e. The van der Waals surface area contributed by atoms with Gasteiger partial charge in [0.2, 0.25) is 0 Å². The van der Waals surface area contributed by atoms with Gasteiger partial charge in [0.1, 0.15) is 0 Å². The minimum absolute atomic E-state index is 0.531. The minimum Gasteiger partial charge on any atom is -0.362 e. The lowest BCUT2D eigenvalue weighted by atomic mass is 10.0. The molecule has 0 aliphatic rings. The summed E-state index contributed by atoms with van der Waals surface area (Å²) < 4.78 is 0. The van der Waals surface area contributed by atoms with E-state index in [0.29, 0.717) is 11.0 Å². The van der Waals surface area contributed by atoms with Crippen LogP contribution < -0.4 is 10.6 Å². The zero-order valence-electron chi connectivity index (χ0n) is 12.4. The van der Waals surface area contributed by atoms with E-state index in [-0.39, 0.29) is 0 Å². The molecule has 0 amide bonds. The molecule has 19 heavy (non-hydrogen) atoms. The van der Waals surface area contributed by atoms with Gasteiger partial charge >= 0.3 is 0 Å². The van der Waals surface area contributed by atoms with E-state index >= 15 is 0 Å². The van der Waals surface area contributed by atoms with Gasteiger partial charge in [-0.2, -0.15) is 0 Å². The first-order valence-corrected chi connectivity index (χ1v) is 7.19. The highest BCUT2D eigenvalue weighted by molar-refractivity contribution is 7.80. The lowest BCUT2D eigenvalue weighted by Crippen LogP contribution is -2.30. The van der Waals surface area contributed by atoms with Crippen molar-refractivity contribution in [3.63, 3.8) is 0 Å². The third kappa shape index (κ3) is 6.55. The smallest absolute Gasteiger partial charge is 0.170 e. The molecule has 0 saturated heterocycles. The molecule has 0 aromatic heterocycles. The van der Waals surface area contributed by atoms with Gasteiger partial charge in [-0.1, -0.05) is 26.0 Å². The fourth-order valence-electron chi connectivity index (χ4n) is 1.75. The molecule has 0 unspecified atom stereocenters. The van der Waals surface area contributed by atoms with Gasteiger partial charge in [0, 0.05) is 12.2 Å². The maximum atomic E-state index is 5.29. The van der Waals surface area contributed by atoms with Crippen LogP contribution in [-0.4, -0.2) is 37.2 Å². The van der Waals surface area contributed by atoms with E-state index in [0.717, 1.165) is 25.2 Å². The molecule has 106 valence electrons. The van der Waals surface area contributed by atoms with Crippen LogP contribution in [0.3, 0.4) is 0 Å². The van der Waals surface area contributed by atoms with Gasteiger partial charge in [-0.3, -0.25) is 0 Å². The zero-order chi connectivity index (χ0) is 14.3. The summed E-state index contributed by atoms with van der Waals surface area (Å²) in [5, 5.41) is 7.16. The summed E-state index contributed by atoms with van der Waals surface area (Å²) in [5.41, 5.74) is 2.37. The molecular formula is C15H25N3S. The SMILES string of the molecule is CC(C)c1cccc(NC(=S)NCCCN(C)C)c1. The number of anilines is 1. The molecule has 0 bridgehead atoms. The van der Waals surface area contributed by atoms with Gasteiger partial charge < -0.3 is 15.5 Å². The second kappa shape index (κ2) is 8.12. The predicted octanol–water partition coefficient (Wildman–Crippen LogP) is 3.05. The van der Waals surface area contributed by atoms with Gasteiger partial charge in [0.15, 0.2) is 5.11 Å². The Balaban J connectivity index is 2.37. The fourth-order valence-corrected chi connectivity index (χ4v) is 1.97. The number of rotatable bonds is 6. The number of thiocarbonyl (C=S) groups is 1. The number of benzene rings is 1. The summed E-state index contributed by atoms with van der Waals surface area (Å²) in [5.74, 6) is 0.531. The molecule has 0 radical (unpaired) electrons. The molecule has 1 aromatic carbocycles. The van der Waals surface area contributed by atoms with Gasteiger partial charge in [-0.05, 0) is 62.9 Å². The van der Waals surface area contributed by atoms with E-state index in [1.165, 1.54) is 5.56 Å². The Morgan fingerprint density at radius 1 is 1.32 bits per heavy atom. The predicted molar refractivity (Wildman–Crippen MR) is 87.9 cm³/mol. The number of hydrogen-bond acceptors (Lipinski definition) is 2. The molecule has 1 aromatic rings. The van der Waals surface area contributed by atoms with Crippen LogP contribution in [-0.2, 0) is 0 Å². The molecular weight excluding hydrogens is 254 g/mol. The summed E-state index contributed by atoms with van der Waals surface area (Å²) in [6.45, 7) is 6.35. The normalized spacial score (nSPS) is 10.8. The average Bonchev–Trinajstić information content (AvgIpc) is 2.34. The summed E-state index contributed by atoms with van der Waals surface area (Å²) >= 11 is 5.29. The summed E-state index contributed by atoms with van der Waals surface area (Å²) in [7, 11) is 4.15. The summed E-state index contributed by atoms with van der Waals surface area (Å²) in [6.07, 6.45) is 1.08. The standard InChI is InChI=1S/C15H25N3S/c1-12(2)13-7-5-8-14(11-13)17-15(19)16-9-6-10-18(3)4/h5,7-8,11-12H,6,9-10H2,1-4H3,(H2,16,17,19). The molecule has 0 saturated carbocycles. The molecule has 2 N–H and O–H groups in total. The van der Waals surface area contributed by atoms with Crippen LogP contribution >= 0.6 is 12.2 Å². The van der Waals surface area contributed by atoms with Crippen LogP contribution in [0.4, 0.5) is 5.69 Å². The van der Waals surface area contributed by atoms with Crippen molar-refractivity contribution >= 4 is 23.0 Å². The Morgan fingerprint density at radius 2 is 2.05 bits per heavy atom. The van der Waals surface area contributed by atoms with Gasteiger partial charge in [0.25, 0.3) is 0 Å². The van der Waals surface area contributed by atoms with Crippen molar-refractivity contribution in [2.45, 2.75) is 26.2 Å². The van der Waals surface area contributed by atoms with E-state index in [2.05, 4.69) is 61.7 Å². The van der Waals surface area contributed by atoms with Crippen LogP contribution in [0, 0.1) is 0 Å². The first-order chi connectivity index (χ1) is 8.99. The molecule has 0 heterocycles. The van der Waals surface area contributed by atoms with Crippen LogP contribution in [0.1, 0.15) is 31.7 Å². The van der Waals surface area contributed by atoms with E-state index in [1.54, 1.807) is 0 Å². The van der Waals surface area contributed by atoms with Crippen LogP contribution in [0.5, 0.6) is 0 Å². The van der Waals surface area contributed by atoms with E-state index < -0.39 is 0 Å². The maximum absolute atomic E-state index is 5.29. The molecule has 0 aliphatic carbocycles. The van der Waals surface area contributed by atoms with E-state index in [9.17, 15) is 0 Å². The van der Waals surface area contributed by atoms with Crippen LogP contribution in [0.15, 0.2) is 24.3 Å². The summed E-state index contributed by atoms with van der Waals surface area (Å²) in [6, 6.07) is 8.40. The molecule has 0 aliphatic heterocycles. The van der Waals surface area contributed by atoms with Crippen LogP contribution in [0.25, 0.3) is 0 Å². The zero-order valence-corrected chi connectivity index (χ0v) is 13.2. The minimum atomic E-state index is 0.531. The topological polar surface area (TPSA) is 27.3 Å². The Labute approximate surface area is 122 Å². The fraction of sp³-hybridized carbons (Fsp3) is 0.533. The van der Waals surface area contributed by atoms with Crippen LogP contribution in [0.2, 0.25) is 0 Å². The molecule has 0 atom stereocenters. The highest BCUT2D eigenvalue weighted by atomic mass is 32.1. The van der Waals surface area contributed by atoms with Crippen molar-refractivity contribution in [1.82, 2.24) is 10.2 Å². The Morgan fingerprint density at radius 3 is 2.68 bits per heavy atom. The average molecular weight is 279 g/mol. The number of hydrogen-bond donors (Lipinski definition) is 2. The number of nitrogens with zero attached hydrogens (tertiary/aromatic N) is 1. The number of nitrogens with one attached hydrogen (secondary N) is 2. The lowest BCUT2D eigenvalue weighted by Gasteiger charge is -2.14. The molecule has 0 fully saturated rings. The van der Waals surface area contributed by atoms with Gasteiger partial charge in [-0.15, -0.1) is 0 Å². The molecule has 4 heteroatoms. The van der Waals surface area contributed by atoms with Crippen molar-refractivity contribution in [3.05, 3.63) is 29.8 Å². The van der Waals surface area contributed by atoms with Crippen molar-refractivity contribution in [2.24, 2.45) is 0 Å². The Hall–Kier alpha value is -1.13. The third-order valence-electron chi connectivity index (χ3n) is 2.88. The quantitative estimate of drug-likeness (QED) is 0.618. The summed E-state index contributed by atoms with van der Waals surface area (Å²) in [4.78, 5) is 2.17. The van der Waals surface area contributed by atoms with E-state index in [1.807, 2.05) is 6.07 Å². The molecule has 0 spiro atoms. The first-order valence-electron chi connectivity index (χ1n) is 6.78. The van der Waals surface area contributed by atoms with Crippen molar-refractivity contribution in [3.8, 4) is 0 Å². The van der Waals surface area contributed by atoms with Gasteiger partial charge in [0.05, 0.1) is 0 Å². The highest BCUT2D eigenvalue weighted by Gasteiger charge is 2.01. The second-order valence-corrected chi connectivity index (χ2v) is 5.73. The largest absolute Gasteiger partial charge is 0.362 e. The molecule has 1 rings (SSSR count). The van der Waals surface area contributed by atoms with Crippen molar-refractivity contribution in [2.75, 3.05) is 32.5 Å². The third-order valence-corrected chi connectivity index (χ3v) is 3.13. The lowest BCUT2D eigenvalue weighted by molar-refractivity contribution is 0.400. The highest BCUT2D eigenvalue weighted by Crippen LogP contribution is 2.18. The van der Waals surface area contributed by atoms with Crippen molar-refractivity contribution in [1.29, 1.82) is 0 Å².